The Balaban J connectivity index is 1.98. The van der Waals surface area contributed by atoms with E-state index in [0.717, 1.165) is 19.6 Å². The first-order valence-corrected chi connectivity index (χ1v) is 4.41. The molecule has 0 amide bonds. The van der Waals surface area contributed by atoms with Gasteiger partial charge < -0.3 is 4.98 Å². The Labute approximate surface area is 73.6 Å². The first-order chi connectivity index (χ1) is 5.75. The van der Waals surface area contributed by atoms with Gasteiger partial charge in [-0.3, -0.25) is 4.90 Å². The van der Waals surface area contributed by atoms with Crippen molar-refractivity contribution in [3.63, 3.8) is 0 Å². The van der Waals surface area contributed by atoms with Crippen molar-refractivity contribution in [3.8, 4) is 0 Å². The van der Waals surface area contributed by atoms with Gasteiger partial charge in [-0.25, -0.2) is 0 Å². The van der Waals surface area contributed by atoms with Crippen molar-refractivity contribution in [3.05, 3.63) is 29.4 Å². The number of nitrogens with one attached hydrogen (secondary N) is 1. The highest BCUT2D eigenvalue weighted by Crippen LogP contribution is 2.22. The molecular formula is C10H15N2. The molecule has 0 atom stereocenters. The highest BCUT2D eigenvalue weighted by Gasteiger charge is 2.19. The van der Waals surface area contributed by atoms with Crippen LogP contribution in [0.3, 0.4) is 0 Å². The average molecular weight is 163 g/mol. The third-order valence-corrected chi connectivity index (χ3v) is 2.26. The Kier molecular flexibility index (Phi) is 1.93. The number of aromatic nitrogens is 1. The fourth-order valence-corrected chi connectivity index (χ4v) is 1.82. The number of aromatic amines is 1. The summed E-state index contributed by atoms with van der Waals surface area (Å²) in [6, 6.07) is 0. The third-order valence-electron chi connectivity index (χ3n) is 2.26. The summed E-state index contributed by atoms with van der Waals surface area (Å²) in [5.74, 6) is 1.49. The van der Waals surface area contributed by atoms with Crippen molar-refractivity contribution in [1.82, 2.24) is 9.88 Å². The Bertz CT molecular complexity index is 242. The van der Waals surface area contributed by atoms with Crippen LogP contribution in [0.15, 0.2) is 12.4 Å². The van der Waals surface area contributed by atoms with Crippen molar-refractivity contribution in [2.45, 2.75) is 26.9 Å². The van der Waals surface area contributed by atoms with Crippen molar-refractivity contribution in [1.29, 1.82) is 0 Å². The zero-order valence-corrected chi connectivity index (χ0v) is 7.72. The zero-order valence-electron chi connectivity index (χ0n) is 7.72. The number of hydrogen-bond acceptors (Lipinski definition) is 1. The highest BCUT2D eigenvalue weighted by atomic mass is 15.1. The maximum Gasteiger partial charge on any atom is 0.0255 e. The summed E-state index contributed by atoms with van der Waals surface area (Å²) in [5, 5.41) is 0. The third kappa shape index (κ3) is 1.39. The molecule has 0 spiro atoms. The molecule has 2 heteroatoms. The van der Waals surface area contributed by atoms with E-state index in [2.05, 4.69) is 36.1 Å². The predicted octanol–water partition coefficient (Wildman–Crippen LogP) is 1.94. The topological polar surface area (TPSA) is 19.0 Å². The molecule has 0 unspecified atom stereocenters. The summed E-state index contributed by atoms with van der Waals surface area (Å²) in [5.41, 5.74) is 2.94. The molecule has 0 saturated heterocycles. The lowest BCUT2D eigenvalue weighted by atomic mass is 10.2. The first-order valence-electron chi connectivity index (χ1n) is 4.41. The Hall–Kier alpha value is -0.760. The lowest BCUT2D eigenvalue weighted by Gasteiger charge is -2.16. The Morgan fingerprint density at radius 1 is 1.33 bits per heavy atom. The van der Waals surface area contributed by atoms with Crippen LogP contribution in [-0.4, -0.2) is 16.4 Å². The van der Waals surface area contributed by atoms with E-state index in [0.29, 0.717) is 0 Å². The molecule has 1 aromatic rings. The van der Waals surface area contributed by atoms with E-state index in [1.165, 1.54) is 17.0 Å². The summed E-state index contributed by atoms with van der Waals surface area (Å²) in [6.45, 7) is 7.74. The van der Waals surface area contributed by atoms with Gasteiger partial charge in [0.2, 0.25) is 0 Å². The molecule has 0 fully saturated rings. The minimum absolute atomic E-state index is 1.12. The van der Waals surface area contributed by atoms with Crippen molar-refractivity contribution in [2.75, 3.05) is 6.54 Å². The van der Waals surface area contributed by atoms with E-state index in [1.807, 2.05) is 0 Å². The highest BCUT2D eigenvalue weighted by molar-refractivity contribution is 5.27. The molecule has 2 rings (SSSR count). The van der Waals surface area contributed by atoms with Gasteiger partial charge in [0, 0.05) is 32.0 Å². The van der Waals surface area contributed by atoms with Crippen LogP contribution in [0.1, 0.15) is 25.0 Å². The van der Waals surface area contributed by atoms with Gasteiger partial charge in [-0.2, -0.15) is 0 Å². The molecular weight excluding hydrogens is 148 g/mol. The number of H-pyrrole nitrogens is 1. The molecule has 2 nitrogen and oxygen atoms in total. The van der Waals surface area contributed by atoms with Crippen molar-refractivity contribution < 1.29 is 0 Å². The fraction of sp³-hybridized carbons (Fsp3) is 0.500. The minimum Gasteiger partial charge on any atom is -0.367 e. The summed E-state index contributed by atoms with van der Waals surface area (Å²) >= 11 is 0. The second-order valence-electron chi connectivity index (χ2n) is 3.86. The molecule has 1 aromatic heterocycles. The minimum atomic E-state index is 1.12. The lowest BCUT2D eigenvalue weighted by Crippen LogP contribution is -2.20. The molecule has 2 heterocycles. The smallest absolute Gasteiger partial charge is 0.0255 e. The molecule has 0 bridgehead atoms. The normalized spacial score (nSPS) is 17.2. The van der Waals surface area contributed by atoms with Crippen LogP contribution >= 0.6 is 0 Å². The van der Waals surface area contributed by atoms with Gasteiger partial charge in [0.15, 0.2) is 0 Å². The van der Waals surface area contributed by atoms with Crippen LogP contribution < -0.4 is 0 Å². The van der Waals surface area contributed by atoms with Gasteiger partial charge in [-0.1, -0.05) is 13.8 Å². The van der Waals surface area contributed by atoms with Crippen molar-refractivity contribution in [2.24, 2.45) is 0 Å². The second-order valence-corrected chi connectivity index (χ2v) is 3.86. The first kappa shape index (κ1) is 7.87. The van der Waals surface area contributed by atoms with Crippen LogP contribution in [0.4, 0.5) is 0 Å². The van der Waals surface area contributed by atoms with Gasteiger partial charge in [0.25, 0.3) is 0 Å². The second kappa shape index (κ2) is 2.94. The van der Waals surface area contributed by atoms with Crippen LogP contribution in [0.25, 0.3) is 0 Å². The maximum absolute atomic E-state index is 3.14. The van der Waals surface area contributed by atoms with Gasteiger partial charge in [-0.15, -0.1) is 0 Å². The summed E-state index contributed by atoms with van der Waals surface area (Å²) in [6.07, 6.45) is 4.22. The average Bonchev–Trinajstić information content (AvgIpc) is 2.43. The van der Waals surface area contributed by atoms with Crippen LogP contribution in [-0.2, 0) is 13.1 Å². The molecule has 12 heavy (non-hydrogen) atoms. The standard InChI is InChI=1S/C10H15N2/c1-8(2)5-12-6-9-3-11-4-10(9)7-12/h3-4,11H,5-7H2,1-2H3. The Morgan fingerprint density at radius 2 is 1.92 bits per heavy atom. The van der Waals surface area contributed by atoms with E-state index < -0.39 is 0 Å². The molecule has 1 aliphatic heterocycles. The van der Waals surface area contributed by atoms with Gasteiger partial charge in [0.05, 0.1) is 0 Å². The summed E-state index contributed by atoms with van der Waals surface area (Å²) in [4.78, 5) is 5.61. The van der Waals surface area contributed by atoms with Crippen molar-refractivity contribution >= 4 is 0 Å². The SMILES string of the molecule is C[C](C)CN1Cc2c[nH]cc2C1. The molecule has 1 radical (unpaired) electrons. The molecule has 0 aliphatic carbocycles. The van der Waals surface area contributed by atoms with Gasteiger partial charge in [0.1, 0.15) is 0 Å². The van der Waals surface area contributed by atoms with E-state index in [9.17, 15) is 0 Å². The van der Waals surface area contributed by atoms with E-state index in [-0.39, 0.29) is 0 Å². The number of rotatable bonds is 2. The molecule has 1 N–H and O–H groups in total. The van der Waals surface area contributed by atoms with Crippen LogP contribution in [0.5, 0.6) is 0 Å². The van der Waals surface area contributed by atoms with Gasteiger partial charge >= 0.3 is 0 Å². The summed E-state index contributed by atoms with van der Waals surface area (Å²) < 4.78 is 0. The molecule has 0 aromatic carbocycles. The largest absolute Gasteiger partial charge is 0.367 e. The quantitative estimate of drug-likeness (QED) is 0.706. The predicted molar refractivity (Wildman–Crippen MR) is 49.5 cm³/mol. The molecule has 65 valence electrons. The number of nitrogens with zero attached hydrogens (tertiary/aromatic N) is 1. The lowest BCUT2D eigenvalue weighted by molar-refractivity contribution is 0.295. The molecule has 0 saturated carbocycles. The van der Waals surface area contributed by atoms with Crippen LogP contribution in [0.2, 0.25) is 0 Å². The van der Waals surface area contributed by atoms with Crippen LogP contribution in [0, 0.1) is 5.92 Å². The Morgan fingerprint density at radius 3 is 2.42 bits per heavy atom. The van der Waals surface area contributed by atoms with Gasteiger partial charge in [-0.05, 0) is 17.0 Å². The maximum atomic E-state index is 3.14. The zero-order chi connectivity index (χ0) is 8.55. The van der Waals surface area contributed by atoms with E-state index in [1.54, 1.807) is 0 Å². The fourth-order valence-electron chi connectivity index (χ4n) is 1.82. The monoisotopic (exact) mass is 163 g/mol. The molecule has 1 aliphatic rings. The number of hydrogen-bond donors (Lipinski definition) is 1. The summed E-state index contributed by atoms with van der Waals surface area (Å²) in [7, 11) is 0. The van der Waals surface area contributed by atoms with E-state index in [4.69, 9.17) is 0 Å². The number of fused-ring (bicyclic) bond motifs is 1. The van der Waals surface area contributed by atoms with E-state index >= 15 is 0 Å².